The Bertz CT molecular complexity index is 862. The van der Waals surface area contributed by atoms with Gasteiger partial charge in [0.25, 0.3) is 0 Å². The first-order valence-corrected chi connectivity index (χ1v) is 7.64. The van der Waals surface area contributed by atoms with E-state index in [0.717, 1.165) is 21.8 Å². The highest BCUT2D eigenvalue weighted by Crippen LogP contribution is 2.32. The van der Waals surface area contributed by atoms with Gasteiger partial charge in [-0.15, -0.1) is 0 Å². The number of anilines is 1. The van der Waals surface area contributed by atoms with Crippen LogP contribution in [0.4, 0.5) is 5.69 Å². The van der Waals surface area contributed by atoms with Crippen molar-refractivity contribution in [3.63, 3.8) is 0 Å². The van der Waals surface area contributed by atoms with Crippen molar-refractivity contribution < 1.29 is 14.2 Å². The number of nitrogens with two attached hydrogens (primary N) is 1. The van der Waals surface area contributed by atoms with Crippen LogP contribution in [-0.2, 0) is 4.65 Å². The maximum atomic E-state index is 10.2. The molecule has 1 aromatic heterocycles. The molecule has 0 saturated heterocycles. The second-order valence-corrected chi connectivity index (χ2v) is 6.85. The fourth-order valence-corrected chi connectivity index (χ4v) is 2.32. The molecule has 0 unspecified atom stereocenters. The van der Waals surface area contributed by atoms with Crippen molar-refractivity contribution in [2.24, 2.45) is 0 Å². The van der Waals surface area contributed by atoms with E-state index in [1.54, 1.807) is 21.3 Å². The van der Waals surface area contributed by atoms with Crippen LogP contribution in [0.15, 0.2) is 40.8 Å². The number of furan rings is 1. The lowest BCUT2D eigenvalue weighted by Crippen LogP contribution is -2.49. The molecular weight excluding hydrogens is 289 g/mol. The second kappa shape index (κ2) is 5.29. The van der Waals surface area contributed by atoms with E-state index in [2.05, 4.69) is 0 Å². The highest BCUT2D eigenvalue weighted by molar-refractivity contribution is 6.51. The summed E-state index contributed by atoms with van der Waals surface area (Å²) in [6.07, 6.45) is 0. The third-order valence-corrected chi connectivity index (χ3v) is 4.54. The first kappa shape index (κ1) is 15.9. The number of para-hydroxylation sites is 1. The molecule has 1 heterocycles. The molecular formula is C18H21BNO3. The van der Waals surface area contributed by atoms with Gasteiger partial charge in [-0.1, -0.05) is 24.3 Å². The Labute approximate surface area is 136 Å². The van der Waals surface area contributed by atoms with Crippen LogP contribution in [0.5, 0.6) is 0 Å². The van der Waals surface area contributed by atoms with Crippen LogP contribution in [0.2, 0.25) is 0 Å². The summed E-state index contributed by atoms with van der Waals surface area (Å²) >= 11 is 0. The first-order valence-electron chi connectivity index (χ1n) is 7.64. The average Bonchev–Trinajstić information content (AvgIpc) is 2.85. The molecule has 0 spiro atoms. The van der Waals surface area contributed by atoms with Crippen LogP contribution in [-0.4, -0.2) is 23.8 Å². The number of fused-ring (bicyclic) bond motifs is 3. The van der Waals surface area contributed by atoms with Gasteiger partial charge in [0.1, 0.15) is 11.2 Å². The van der Waals surface area contributed by atoms with Crippen LogP contribution < -0.4 is 11.2 Å². The SMILES string of the molecule is CC(C)(O)C(C)(C)O[B]c1ccc(N)c2c1oc1ccccc12. The van der Waals surface area contributed by atoms with Gasteiger partial charge in [-0.05, 0) is 45.3 Å². The van der Waals surface area contributed by atoms with Gasteiger partial charge >= 0.3 is 7.48 Å². The Balaban J connectivity index is 2.04. The molecule has 119 valence electrons. The smallest absolute Gasteiger partial charge is 0.334 e. The Kier molecular flexibility index (Phi) is 3.66. The number of benzene rings is 2. The van der Waals surface area contributed by atoms with Crippen LogP contribution in [0.1, 0.15) is 27.7 Å². The van der Waals surface area contributed by atoms with E-state index in [9.17, 15) is 5.11 Å². The van der Waals surface area contributed by atoms with Crippen molar-refractivity contribution in [1.29, 1.82) is 0 Å². The number of hydrogen-bond donors (Lipinski definition) is 2. The summed E-state index contributed by atoms with van der Waals surface area (Å²) in [6, 6.07) is 11.5. The van der Waals surface area contributed by atoms with Crippen molar-refractivity contribution in [3.8, 4) is 0 Å². The van der Waals surface area contributed by atoms with E-state index in [1.807, 2.05) is 50.2 Å². The summed E-state index contributed by atoms with van der Waals surface area (Å²) in [4.78, 5) is 0. The van der Waals surface area contributed by atoms with Crippen LogP contribution in [0, 0.1) is 0 Å². The van der Waals surface area contributed by atoms with Gasteiger partial charge in [0.15, 0.2) is 0 Å². The zero-order valence-corrected chi connectivity index (χ0v) is 13.9. The lowest BCUT2D eigenvalue weighted by atomic mass is 9.81. The van der Waals surface area contributed by atoms with Crippen molar-refractivity contribution in [2.45, 2.75) is 38.9 Å². The molecule has 2 aromatic carbocycles. The van der Waals surface area contributed by atoms with Crippen LogP contribution in [0.3, 0.4) is 0 Å². The van der Waals surface area contributed by atoms with Gasteiger partial charge in [0.2, 0.25) is 0 Å². The van der Waals surface area contributed by atoms with Crippen molar-refractivity contribution in [2.75, 3.05) is 5.73 Å². The molecule has 0 amide bonds. The average molecular weight is 310 g/mol. The highest BCUT2D eigenvalue weighted by atomic mass is 16.5. The number of hydrogen-bond acceptors (Lipinski definition) is 4. The predicted molar refractivity (Wildman–Crippen MR) is 95.0 cm³/mol. The number of rotatable bonds is 4. The Morgan fingerprint density at radius 1 is 1.09 bits per heavy atom. The Hall–Kier alpha value is -1.98. The van der Waals surface area contributed by atoms with E-state index in [0.29, 0.717) is 11.3 Å². The first-order chi connectivity index (χ1) is 10.7. The fraction of sp³-hybridized carbons (Fsp3) is 0.333. The minimum atomic E-state index is -0.982. The fourth-order valence-electron chi connectivity index (χ4n) is 2.32. The maximum absolute atomic E-state index is 10.2. The molecule has 3 N–H and O–H groups in total. The van der Waals surface area contributed by atoms with Gasteiger partial charge in [-0.3, -0.25) is 0 Å². The molecule has 0 fully saturated rings. The second-order valence-electron chi connectivity index (χ2n) is 6.85. The van der Waals surface area contributed by atoms with Gasteiger partial charge in [0, 0.05) is 11.1 Å². The lowest BCUT2D eigenvalue weighted by molar-refractivity contribution is -0.0893. The maximum Gasteiger partial charge on any atom is 0.334 e. The van der Waals surface area contributed by atoms with E-state index < -0.39 is 11.2 Å². The zero-order valence-electron chi connectivity index (χ0n) is 13.9. The Morgan fingerprint density at radius 2 is 1.78 bits per heavy atom. The van der Waals surface area contributed by atoms with E-state index in [4.69, 9.17) is 14.8 Å². The summed E-state index contributed by atoms with van der Waals surface area (Å²) in [6.45, 7) is 7.13. The molecule has 0 bridgehead atoms. The topological polar surface area (TPSA) is 68.6 Å². The molecule has 5 heteroatoms. The van der Waals surface area contributed by atoms with E-state index in [1.165, 1.54) is 0 Å². The number of aliphatic hydroxyl groups is 1. The predicted octanol–water partition coefficient (Wildman–Crippen LogP) is 2.98. The van der Waals surface area contributed by atoms with Crippen LogP contribution in [0.25, 0.3) is 21.9 Å². The molecule has 1 radical (unpaired) electrons. The molecule has 4 nitrogen and oxygen atoms in total. The molecule has 0 atom stereocenters. The molecule has 3 rings (SSSR count). The zero-order chi connectivity index (χ0) is 16.8. The third-order valence-electron chi connectivity index (χ3n) is 4.54. The van der Waals surface area contributed by atoms with E-state index in [-0.39, 0.29) is 0 Å². The molecule has 0 saturated carbocycles. The largest absolute Gasteiger partial charge is 0.456 e. The van der Waals surface area contributed by atoms with Gasteiger partial charge in [-0.25, -0.2) is 0 Å². The lowest BCUT2D eigenvalue weighted by Gasteiger charge is -2.37. The van der Waals surface area contributed by atoms with Crippen molar-refractivity contribution in [1.82, 2.24) is 0 Å². The summed E-state index contributed by atoms with van der Waals surface area (Å²) < 4.78 is 11.8. The third kappa shape index (κ3) is 2.71. The Morgan fingerprint density at radius 3 is 2.48 bits per heavy atom. The monoisotopic (exact) mass is 310 g/mol. The minimum Gasteiger partial charge on any atom is -0.456 e. The van der Waals surface area contributed by atoms with Gasteiger partial charge < -0.3 is 19.9 Å². The summed E-state index contributed by atoms with van der Waals surface area (Å²) in [5, 5.41) is 12.1. The summed E-state index contributed by atoms with van der Waals surface area (Å²) in [5.41, 5.74) is 7.35. The van der Waals surface area contributed by atoms with Crippen LogP contribution >= 0.6 is 0 Å². The molecule has 0 aliphatic carbocycles. The summed E-state index contributed by atoms with van der Waals surface area (Å²) in [7, 11) is 1.63. The molecule has 3 aromatic rings. The number of nitrogen functional groups attached to an aromatic ring is 1. The molecule has 0 aliphatic rings. The molecule has 0 aliphatic heterocycles. The highest BCUT2D eigenvalue weighted by Gasteiger charge is 2.36. The summed E-state index contributed by atoms with van der Waals surface area (Å²) in [5.74, 6) is 0. The standard InChI is InChI=1S/C18H21BNO3/c1-17(2,21)18(3,4)23-19-12-9-10-13(20)15-11-7-5-6-8-14(11)22-16(12)15/h5-10,21H,20H2,1-4H3. The normalized spacial score (nSPS) is 12.9. The van der Waals surface area contributed by atoms with E-state index >= 15 is 0 Å². The molecule has 23 heavy (non-hydrogen) atoms. The minimum absolute atomic E-state index is 0.670. The van der Waals surface area contributed by atoms with Gasteiger partial charge in [0.05, 0.1) is 16.6 Å². The van der Waals surface area contributed by atoms with Gasteiger partial charge in [-0.2, -0.15) is 0 Å². The van der Waals surface area contributed by atoms with Crippen molar-refractivity contribution >= 4 is 40.6 Å². The van der Waals surface area contributed by atoms with Crippen molar-refractivity contribution in [3.05, 3.63) is 36.4 Å². The quantitative estimate of drug-likeness (QED) is 0.574.